The summed E-state index contributed by atoms with van der Waals surface area (Å²) < 4.78 is 13.3. The standard InChI is InChI=1S/C18H24FN5/c1-12-10-14(19)6-7-15(12)21-17-11-16(13-4-5-13)22-18(23-17)20-8-9-24(2)3/h6-7,10-11,13H,4-5,8-9H2,1-3H3,(H2,20,21,22,23). The van der Waals surface area contributed by atoms with E-state index in [-0.39, 0.29) is 5.82 Å². The first-order valence-corrected chi connectivity index (χ1v) is 8.32. The maximum atomic E-state index is 13.3. The highest BCUT2D eigenvalue weighted by molar-refractivity contribution is 5.61. The van der Waals surface area contributed by atoms with Gasteiger partial charge in [-0.3, -0.25) is 0 Å². The summed E-state index contributed by atoms with van der Waals surface area (Å²) >= 11 is 0. The quantitative estimate of drug-likeness (QED) is 0.814. The van der Waals surface area contributed by atoms with Crippen molar-refractivity contribution in [3.05, 3.63) is 41.3 Å². The second-order valence-electron chi connectivity index (χ2n) is 6.59. The van der Waals surface area contributed by atoms with E-state index in [1.165, 1.54) is 25.0 Å². The van der Waals surface area contributed by atoms with E-state index in [2.05, 4.69) is 25.5 Å². The monoisotopic (exact) mass is 329 g/mol. The van der Waals surface area contributed by atoms with Crippen LogP contribution in [0.1, 0.15) is 30.0 Å². The van der Waals surface area contributed by atoms with Gasteiger partial charge in [-0.25, -0.2) is 9.37 Å². The largest absolute Gasteiger partial charge is 0.353 e. The second-order valence-corrected chi connectivity index (χ2v) is 6.59. The number of halogens is 1. The number of rotatable bonds is 7. The minimum absolute atomic E-state index is 0.231. The fourth-order valence-corrected chi connectivity index (χ4v) is 2.49. The Balaban J connectivity index is 1.79. The van der Waals surface area contributed by atoms with Crippen LogP contribution >= 0.6 is 0 Å². The van der Waals surface area contributed by atoms with Crippen molar-refractivity contribution in [2.75, 3.05) is 37.8 Å². The van der Waals surface area contributed by atoms with Crippen LogP contribution in [-0.2, 0) is 0 Å². The van der Waals surface area contributed by atoms with Gasteiger partial charge in [0, 0.05) is 30.8 Å². The van der Waals surface area contributed by atoms with Gasteiger partial charge in [0.05, 0.1) is 5.69 Å². The lowest BCUT2D eigenvalue weighted by Gasteiger charge is -2.14. The molecule has 1 heterocycles. The molecule has 3 rings (SSSR count). The van der Waals surface area contributed by atoms with Crippen LogP contribution in [0.5, 0.6) is 0 Å². The van der Waals surface area contributed by atoms with Gasteiger partial charge in [0.15, 0.2) is 0 Å². The molecule has 6 heteroatoms. The summed E-state index contributed by atoms with van der Waals surface area (Å²) in [6.45, 7) is 3.58. The molecule has 5 nitrogen and oxygen atoms in total. The molecular weight excluding hydrogens is 305 g/mol. The zero-order chi connectivity index (χ0) is 17.1. The van der Waals surface area contributed by atoms with Crippen molar-refractivity contribution in [3.8, 4) is 0 Å². The number of nitrogens with zero attached hydrogens (tertiary/aromatic N) is 3. The zero-order valence-electron chi connectivity index (χ0n) is 14.4. The highest BCUT2D eigenvalue weighted by Gasteiger charge is 2.26. The van der Waals surface area contributed by atoms with Crippen LogP contribution in [0.15, 0.2) is 24.3 Å². The molecule has 2 aromatic rings. The molecule has 0 bridgehead atoms. The third kappa shape index (κ3) is 4.41. The number of likely N-dealkylation sites (N-methyl/N-ethyl adjacent to an activating group) is 1. The topological polar surface area (TPSA) is 53.1 Å². The van der Waals surface area contributed by atoms with Crippen molar-refractivity contribution < 1.29 is 4.39 Å². The lowest BCUT2D eigenvalue weighted by molar-refractivity contribution is 0.425. The number of benzene rings is 1. The second kappa shape index (κ2) is 7.13. The number of anilines is 3. The molecule has 0 radical (unpaired) electrons. The molecule has 1 aliphatic carbocycles. The SMILES string of the molecule is Cc1cc(F)ccc1Nc1cc(C2CC2)nc(NCCN(C)C)n1. The van der Waals surface area contributed by atoms with Gasteiger partial charge in [-0.2, -0.15) is 4.98 Å². The fourth-order valence-electron chi connectivity index (χ4n) is 2.49. The van der Waals surface area contributed by atoms with Gasteiger partial charge in [-0.05, 0) is 57.6 Å². The smallest absolute Gasteiger partial charge is 0.224 e. The van der Waals surface area contributed by atoms with E-state index < -0.39 is 0 Å². The summed E-state index contributed by atoms with van der Waals surface area (Å²) in [5.41, 5.74) is 2.78. The molecule has 1 fully saturated rings. The number of aryl methyl sites for hydroxylation is 1. The Kier molecular flexibility index (Phi) is 4.94. The van der Waals surface area contributed by atoms with E-state index in [0.717, 1.165) is 35.9 Å². The van der Waals surface area contributed by atoms with Gasteiger partial charge in [-0.15, -0.1) is 0 Å². The molecule has 0 saturated heterocycles. The summed E-state index contributed by atoms with van der Waals surface area (Å²) in [5, 5.41) is 6.58. The van der Waals surface area contributed by atoms with Gasteiger partial charge in [-0.1, -0.05) is 0 Å². The first-order valence-electron chi connectivity index (χ1n) is 8.32. The maximum absolute atomic E-state index is 13.3. The van der Waals surface area contributed by atoms with Crippen LogP contribution < -0.4 is 10.6 Å². The predicted octanol–water partition coefficient (Wildman–Crippen LogP) is 3.52. The molecule has 0 aliphatic heterocycles. The Labute approximate surface area is 142 Å². The van der Waals surface area contributed by atoms with Gasteiger partial charge < -0.3 is 15.5 Å². The molecular formula is C18H24FN5. The zero-order valence-corrected chi connectivity index (χ0v) is 14.4. The molecule has 24 heavy (non-hydrogen) atoms. The Morgan fingerprint density at radius 3 is 2.67 bits per heavy atom. The average molecular weight is 329 g/mol. The van der Waals surface area contributed by atoms with Gasteiger partial charge >= 0.3 is 0 Å². The number of nitrogens with one attached hydrogen (secondary N) is 2. The Bertz CT molecular complexity index is 713. The van der Waals surface area contributed by atoms with Gasteiger partial charge in [0.1, 0.15) is 11.6 Å². The van der Waals surface area contributed by atoms with Crippen molar-refractivity contribution in [1.29, 1.82) is 0 Å². The van der Waals surface area contributed by atoms with Crippen LogP contribution in [0, 0.1) is 12.7 Å². The third-order valence-corrected chi connectivity index (χ3v) is 4.03. The van der Waals surface area contributed by atoms with Crippen molar-refractivity contribution in [2.45, 2.75) is 25.7 Å². The van der Waals surface area contributed by atoms with Crippen LogP contribution in [0.2, 0.25) is 0 Å². The highest BCUT2D eigenvalue weighted by atomic mass is 19.1. The van der Waals surface area contributed by atoms with Gasteiger partial charge in [0.2, 0.25) is 5.95 Å². The molecule has 2 N–H and O–H groups in total. The van der Waals surface area contributed by atoms with Gasteiger partial charge in [0.25, 0.3) is 0 Å². The number of aromatic nitrogens is 2. The normalized spacial score (nSPS) is 14.0. The van der Waals surface area contributed by atoms with E-state index in [9.17, 15) is 4.39 Å². The number of hydrogen-bond donors (Lipinski definition) is 2. The number of hydrogen-bond acceptors (Lipinski definition) is 5. The molecule has 128 valence electrons. The third-order valence-electron chi connectivity index (χ3n) is 4.03. The molecule has 0 spiro atoms. The van der Waals surface area contributed by atoms with E-state index in [0.29, 0.717) is 11.9 Å². The van der Waals surface area contributed by atoms with Crippen LogP contribution in [0.4, 0.5) is 21.8 Å². The maximum Gasteiger partial charge on any atom is 0.224 e. The van der Waals surface area contributed by atoms with Crippen molar-refractivity contribution in [1.82, 2.24) is 14.9 Å². The Hall–Kier alpha value is -2.21. The van der Waals surface area contributed by atoms with Crippen molar-refractivity contribution >= 4 is 17.5 Å². The summed E-state index contributed by atoms with van der Waals surface area (Å²) in [6, 6.07) is 6.70. The van der Waals surface area contributed by atoms with E-state index in [4.69, 9.17) is 0 Å². The first-order chi connectivity index (χ1) is 11.5. The highest BCUT2D eigenvalue weighted by Crippen LogP contribution is 2.40. The average Bonchev–Trinajstić information content (AvgIpc) is 3.34. The molecule has 0 unspecified atom stereocenters. The van der Waals surface area contributed by atoms with E-state index in [1.54, 1.807) is 6.07 Å². The minimum Gasteiger partial charge on any atom is -0.353 e. The van der Waals surface area contributed by atoms with Crippen LogP contribution in [0.3, 0.4) is 0 Å². The first kappa shape index (κ1) is 16.6. The fraction of sp³-hybridized carbons (Fsp3) is 0.444. The molecule has 0 atom stereocenters. The van der Waals surface area contributed by atoms with Crippen molar-refractivity contribution in [2.24, 2.45) is 0 Å². The summed E-state index contributed by atoms with van der Waals surface area (Å²) in [7, 11) is 4.07. The van der Waals surface area contributed by atoms with Crippen LogP contribution in [-0.4, -0.2) is 42.1 Å². The lowest BCUT2D eigenvalue weighted by Crippen LogP contribution is -2.21. The molecule has 0 amide bonds. The molecule has 1 aromatic heterocycles. The molecule has 1 aromatic carbocycles. The summed E-state index contributed by atoms with van der Waals surface area (Å²) in [5.74, 6) is 1.69. The van der Waals surface area contributed by atoms with Crippen molar-refractivity contribution in [3.63, 3.8) is 0 Å². The summed E-state index contributed by atoms with van der Waals surface area (Å²) in [4.78, 5) is 11.3. The minimum atomic E-state index is -0.231. The summed E-state index contributed by atoms with van der Waals surface area (Å²) in [6.07, 6.45) is 2.37. The molecule has 1 saturated carbocycles. The Morgan fingerprint density at radius 1 is 1.21 bits per heavy atom. The van der Waals surface area contributed by atoms with E-state index >= 15 is 0 Å². The predicted molar refractivity (Wildman–Crippen MR) is 95.5 cm³/mol. The lowest BCUT2D eigenvalue weighted by atomic mass is 10.2. The Morgan fingerprint density at radius 2 is 2.00 bits per heavy atom. The van der Waals surface area contributed by atoms with E-state index in [1.807, 2.05) is 27.1 Å². The molecule has 1 aliphatic rings. The van der Waals surface area contributed by atoms with Crippen LogP contribution in [0.25, 0.3) is 0 Å².